The van der Waals surface area contributed by atoms with Gasteiger partial charge in [0.2, 0.25) is 0 Å². The molecule has 3 rings (SSSR count). The van der Waals surface area contributed by atoms with E-state index >= 15 is 0 Å². The van der Waals surface area contributed by atoms with Crippen LogP contribution >= 0.6 is 0 Å². The van der Waals surface area contributed by atoms with Gasteiger partial charge in [-0.2, -0.15) is 0 Å². The Morgan fingerprint density at radius 2 is 0.587 bits per heavy atom. The zero-order valence-corrected chi connectivity index (χ0v) is 38.2. The molecular formula is C39H63BiO3Si3. The van der Waals surface area contributed by atoms with Crippen LogP contribution in [0.1, 0.15) is 79.0 Å². The summed E-state index contributed by atoms with van der Waals surface area (Å²) in [6, 6.07) is 28.1. The minimum absolute atomic E-state index is 0.206. The van der Waals surface area contributed by atoms with E-state index in [1.807, 2.05) is 0 Å². The molecule has 0 unspecified atom stereocenters. The molecule has 0 amide bonds. The molecule has 0 aromatic heterocycles. The van der Waals surface area contributed by atoms with Crippen LogP contribution < -0.4 is 9.81 Å². The number of benzene rings is 3. The van der Waals surface area contributed by atoms with Crippen molar-refractivity contribution in [2.24, 2.45) is 0 Å². The van der Waals surface area contributed by atoms with E-state index in [0.717, 1.165) is 0 Å². The van der Waals surface area contributed by atoms with Crippen molar-refractivity contribution >= 4 is 56.5 Å². The first-order valence-corrected chi connectivity index (χ1v) is 30.9. The molecule has 3 aromatic carbocycles. The van der Waals surface area contributed by atoms with E-state index in [2.05, 4.69) is 174 Å². The molecule has 0 spiro atoms. The average molecular weight is 873 g/mol. The van der Waals surface area contributed by atoms with E-state index in [9.17, 15) is 0 Å². The maximum absolute atomic E-state index is 6.55. The Hall–Kier alpha value is -0.926. The van der Waals surface area contributed by atoms with Gasteiger partial charge in [0.25, 0.3) is 0 Å². The van der Waals surface area contributed by atoms with Crippen molar-refractivity contribution in [2.45, 2.75) is 137 Å². The first-order valence-electron chi connectivity index (χ1n) is 16.9. The zero-order chi connectivity index (χ0) is 34.8. The van der Waals surface area contributed by atoms with Crippen LogP contribution in [0.5, 0.6) is 0 Å². The molecule has 3 aromatic rings. The second kappa shape index (κ2) is 14.9. The molecule has 0 saturated carbocycles. The third-order valence-corrected chi connectivity index (χ3v) is 33.7. The van der Waals surface area contributed by atoms with Crippen LogP contribution in [0.25, 0.3) is 0 Å². The SMILES string of the molecule is CC(C)(C)[Si](C)(C)OCc1cc[c]([Bi]([c]2ccc(CO[Si](C)(C)C(C)(C)C)cc2)[c]2ccc(CO[Si](C)(C)C(C)(C)C)cc2)cc1. The van der Waals surface area contributed by atoms with Crippen LogP contribution in [0, 0.1) is 0 Å². The van der Waals surface area contributed by atoms with Gasteiger partial charge in [0, 0.05) is 0 Å². The predicted octanol–water partition coefficient (Wildman–Crippen LogP) is 9.77. The summed E-state index contributed by atoms with van der Waals surface area (Å²) < 4.78 is 24.1. The average Bonchev–Trinajstić information content (AvgIpc) is 2.94. The quantitative estimate of drug-likeness (QED) is 0.170. The summed E-state index contributed by atoms with van der Waals surface area (Å²) >= 11 is -2.57. The van der Waals surface area contributed by atoms with Gasteiger partial charge in [-0.05, 0) is 0 Å². The fraction of sp³-hybridized carbons (Fsp3) is 0.538. The summed E-state index contributed by atoms with van der Waals surface area (Å²) in [5, 5.41) is 0.619. The minimum atomic E-state index is -2.57. The van der Waals surface area contributed by atoms with E-state index in [1.54, 1.807) is 0 Å². The normalized spacial score (nSPS) is 13.8. The van der Waals surface area contributed by atoms with Crippen molar-refractivity contribution in [2.75, 3.05) is 0 Å². The zero-order valence-electron chi connectivity index (χ0n) is 31.7. The Balaban J connectivity index is 1.89. The molecule has 0 N–H and O–H groups in total. The Morgan fingerprint density at radius 3 is 0.761 bits per heavy atom. The second-order valence-electron chi connectivity index (χ2n) is 17.5. The number of rotatable bonds is 12. The van der Waals surface area contributed by atoms with Gasteiger partial charge in [-0.1, -0.05) is 0 Å². The van der Waals surface area contributed by atoms with Crippen LogP contribution in [-0.2, 0) is 33.1 Å². The Labute approximate surface area is 293 Å². The van der Waals surface area contributed by atoms with Crippen LogP contribution in [0.3, 0.4) is 0 Å². The first-order chi connectivity index (χ1) is 20.9. The van der Waals surface area contributed by atoms with E-state index in [-0.39, 0.29) is 15.1 Å². The van der Waals surface area contributed by atoms with Crippen molar-refractivity contribution in [1.29, 1.82) is 0 Å². The Morgan fingerprint density at radius 1 is 0.391 bits per heavy atom. The van der Waals surface area contributed by atoms with Gasteiger partial charge in [0.1, 0.15) is 0 Å². The molecule has 0 aliphatic heterocycles. The van der Waals surface area contributed by atoms with Crippen molar-refractivity contribution < 1.29 is 13.3 Å². The molecule has 7 heteroatoms. The Bertz CT molecular complexity index is 1220. The molecule has 46 heavy (non-hydrogen) atoms. The summed E-state index contributed by atoms with van der Waals surface area (Å²) in [4.78, 5) is 0. The van der Waals surface area contributed by atoms with Crippen LogP contribution in [0.2, 0.25) is 54.4 Å². The van der Waals surface area contributed by atoms with Gasteiger partial charge < -0.3 is 0 Å². The second-order valence-corrected chi connectivity index (χ2v) is 40.5. The molecule has 0 radical (unpaired) electrons. The maximum atomic E-state index is 6.55. The van der Waals surface area contributed by atoms with Crippen molar-refractivity contribution in [1.82, 2.24) is 0 Å². The molecule has 3 nitrogen and oxygen atoms in total. The van der Waals surface area contributed by atoms with E-state index in [0.29, 0.717) is 19.8 Å². The third kappa shape index (κ3) is 10.3. The number of hydrogen-bond donors (Lipinski definition) is 0. The Kier molecular flexibility index (Phi) is 12.8. The summed E-state index contributed by atoms with van der Waals surface area (Å²) in [6.45, 7) is 36.7. The van der Waals surface area contributed by atoms with Crippen molar-refractivity contribution in [3.8, 4) is 0 Å². The van der Waals surface area contributed by atoms with E-state index < -0.39 is 46.7 Å². The summed E-state index contributed by atoms with van der Waals surface area (Å²) in [5.41, 5.74) is 3.77. The van der Waals surface area contributed by atoms with Gasteiger partial charge in [0.05, 0.1) is 0 Å². The topological polar surface area (TPSA) is 27.7 Å². The van der Waals surface area contributed by atoms with Gasteiger partial charge in [0.15, 0.2) is 0 Å². The van der Waals surface area contributed by atoms with Gasteiger partial charge in [-0.3, -0.25) is 0 Å². The first kappa shape index (κ1) is 39.5. The summed E-state index contributed by atoms with van der Waals surface area (Å²) in [7, 11) is -5.40. The fourth-order valence-corrected chi connectivity index (χ4v) is 15.7. The molecule has 0 saturated heterocycles. The molecule has 0 aliphatic carbocycles. The standard InChI is InChI=1S/3C13H21OSi.Bi/c3*1-13(2,3)15(4,5)14-11-12-9-7-6-8-10-12;/h3*7-10H,11H2,1-5H3;. The summed E-state index contributed by atoms with van der Waals surface area (Å²) in [5.74, 6) is 0. The van der Waals surface area contributed by atoms with Crippen LogP contribution in [0.4, 0.5) is 0 Å². The monoisotopic (exact) mass is 872 g/mol. The molecule has 0 aliphatic rings. The molecular weight excluding hydrogens is 810 g/mol. The van der Waals surface area contributed by atoms with E-state index in [1.165, 1.54) is 26.5 Å². The summed E-state index contributed by atoms with van der Waals surface area (Å²) in [6.07, 6.45) is 0. The molecule has 0 bridgehead atoms. The molecule has 0 atom stereocenters. The van der Waals surface area contributed by atoms with Crippen molar-refractivity contribution in [3.63, 3.8) is 0 Å². The van der Waals surface area contributed by atoms with Crippen LogP contribution in [-0.4, -0.2) is 46.7 Å². The molecule has 0 fully saturated rings. The fourth-order valence-electron chi connectivity index (χ4n) is 4.11. The van der Waals surface area contributed by atoms with Crippen LogP contribution in [0.15, 0.2) is 72.8 Å². The van der Waals surface area contributed by atoms with Gasteiger partial charge in [-0.15, -0.1) is 0 Å². The van der Waals surface area contributed by atoms with Crippen molar-refractivity contribution in [3.05, 3.63) is 89.5 Å². The number of hydrogen-bond acceptors (Lipinski definition) is 3. The predicted molar refractivity (Wildman–Crippen MR) is 210 cm³/mol. The van der Waals surface area contributed by atoms with Gasteiger partial charge in [-0.25, -0.2) is 0 Å². The van der Waals surface area contributed by atoms with Gasteiger partial charge >= 0.3 is 296 Å². The third-order valence-electron chi connectivity index (χ3n) is 10.8. The van der Waals surface area contributed by atoms with E-state index in [4.69, 9.17) is 13.3 Å². The molecule has 0 heterocycles. The molecule has 254 valence electrons.